The fourth-order valence-corrected chi connectivity index (χ4v) is 3.67. The number of rotatable bonds is 10. The minimum atomic E-state index is -1.15. The third kappa shape index (κ3) is 7.36. The van der Waals surface area contributed by atoms with E-state index in [1.165, 1.54) is 11.3 Å². The first kappa shape index (κ1) is 23.2. The molecule has 0 bridgehead atoms. The Hall–Kier alpha value is -3.43. The standard InChI is InChI=1S/C23H25N3O5S/c27-21(14-26(23(29)30)13-18-9-5-2-6-10-18)20(11-17-7-3-1-4-8-17)25-22(28)31-15-19-12-24-16-32-19/h1-10,12,16,20-21,27H,11,13-15H2,(H,25,28)(H,29,30)/t20-,21+/m0/s1. The molecule has 0 spiro atoms. The van der Waals surface area contributed by atoms with Crippen LogP contribution >= 0.6 is 11.3 Å². The van der Waals surface area contributed by atoms with Gasteiger partial charge in [0.1, 0.15) is 6.61 Å². The number of hydrogen-bond acceptors (Lipinski definition) is 6. The number of aliphatic hydroxyl groups is 1. The summed E-state index contributed by atoms with van der Waals surface area (Å²) in [6, 6.07) is 17.7. The molecule has 1 aromatic heterocycles. The van der Waals surface area contributed by atoms with Crippen LogP contribution in [-0.2, 0) is 24.3 Å². The Kier molecular flexibility index (Phi) is 8.59. The van der Waals surface area contributed by atoms with Gasteiger partial charge in [0, 0.05) is 12.7 Å². The second kappa shape index (κ2) is 11.8. The van der Waals surface area contributed by atoms with Gasteiger partial charge in [0.2, 0.25) is 0 Å². The Morgan fingerprint density at radius 2 is 1.72 bits per heavy atom. The minimum absolute atomic E-state index is 0.0694. The van der Waals surface area contributed by atoms with Crippen molar-refractivity contribution in [1.82, 2.24) is 15.2 Å². The van der Waals surface area contributed by atoms with Gasteiger partial charge in [-0.3, -0.25) is 4.98 Å². The average Bonchev–Trinajstić information content (AvgIpc) is 3.32. The molecule has 0 aliphatic rings. The van der Waals surface area contributed by atoms with Gasteiger partial charge in [0.05, 0.1) is 29.1 Å². The lowest BCUT2D eigenvalue weighted by Gasteiger charge is -2.28. The number of alkyl carbamates (subject to hydrolysis) is 1. The summed E-state index contributed by atoms with van der Waals surface area (Å²) in [7, 11) is 0. The number of carboxylic acid groups (broad SMARTS) is 1. The van der Waals surface area contributed by atoms with Gasteiger partial charge in [-0.25, -0.2) is 9.59 Å². The number of aliphatic hydroxyl groups excluding tert-OH is 1. The molecule has 0 aliphatic heterocycles. The first-order chi connectivity index (χ1) is 15.5. The van der Waals surface area contributed by atoms with E-state index >= 15 is 0 Å². The number of ether oxygens (including phenoxy) is 1. The van der Waals surface area contributed by atoms with E-state index in [4.69, 9.17) is 4.74 Å². The van der Waals surface area contributed by atoms with Gasteiger partial charge in [-0.2, -0.15) is 0 Å². The summed E-state index contributed by atoms with van der Waals surface area (Å²) in [5.41, 5.74) is 3.34. The molecule has 0 radical (unpaired) electrons. The maximum Gasteiger partial charge on any atom is 0.407 e. The molecule has 0 fully saturated rings. The van der Waals surface area contributed by atoms with Crippen molar-refractivity contribution < 1.29 is 24.5 Å². The second-order valence-electron chi connectivity index (χ2n) is 7.20. The summed E-state index contributed by atoms with van der Waals surface area (Å²) in [6.07, 6.45) is -1.06. The lowest BCUT2D eigenvalue weighted by Crippen LogP contribution is -2.50. The van der Waals surface area contributed by atoms with Crippen LogP contribution in [0.4, 0.5) is 9.59 Å². The first-order valence-corrected chi connectivity index (χ1v) is 10.9. The van der Waals surface area contributed by atoms with Crippen molar-refractivity contribution in [1.29, 1.82) is 0 Å². The predicted octanol–water partition coefficient (Wildman–Crippen LogP) is 3.52. The van der Waals surface area contributed by atoms with Crippen LogP contribution in [0.1, 0.15) is 16.0 Å². The Balaban J connectivity index is 1.67. The van der Waals surface area contributed by atoms with Crippen LogP contribution in [0.15, 0.2) is 72.4 Å². The number of benzene rings is 2. The molecular formula is C23H25N3O5S. The van der Waals surface area contributed by atoms with E-state index in [0.717, 1.165) is 20.9 Å². The van der Waals surface area contributed by atoms with E-state index in [-0.39, 0.29) is 19.7 Å². The molecule has 0 unspecified atom stereocenters. The monoisotopic (exact) mass is 455 g/mol. The Morgan fingerprint density at radius 3 is 2.31 bits per heavy atom. The van der Waals surface area contributed by atoms with Gasteiger partial charge in [-0.05, 0) is 17.5 Å². The summed E-state index contributed by atoms with van der Waals surface area (Å²) in [6.45, 7) is 0.0257. The molecule has 2 amide bonds. The molecule has 0 saturated carbocycles. The van der Waals surface area contributed by atoms with Crippen LogP contribution in [0.25, 0.3) is 0 Å². The Bertz CT molecular complexity index is 970. The van der Waals surface area contributed by atoms with E-state index in [1.807, 2.05) is 60.7 Å². The average molecular weight is 456 g/mol. The summed E-state index contributed by atoms with van der Waals surface area (Å²) >= 11 is 1.37. The lowest BCUT2D eigenvalue weighted by molar-refractivity contribution is 0.0659. The number of aromatic nitrogens is 1. The molecule has 0 aliphatic carbocycles. The van der Waals surface area contributed by atoms with Gasteiger partial charge in [-0.15, -0.1) is 11.3 Å². The number of nitrogens with zero attached hydrogens (tertiary/aromatic N) is 2. The molecule has 8 nitrogen and oxygen atoms in total. The second-order valence-corrected chi connectivity index (χ2v) is 8.17. The SMILES string of the molecule is O=C(N[C@@H](Cc1ccccc1)[C@H](O)CN(Cc1ccccc1)C(=O)O)OCc1cncs1. The van der Waals surface area contributed by atoms with Crippen LogP contribution in [0.2, 0.25) is 0 Å². The van der Waals surface area contributed by atoms with Crippen molar-refractivity contribution in [3.05, 3.63) is 88.4 Å². The quantitative estimate of drug-likeness (QED) is 0.431. The zero-order valence-corrected chi connectivity index (χ0v) is 18.1. The van der Waals surface area contributed by atoms with Crippen molar-refractivity contribution in [3.8, 4) is 0 Å². The van der Waals surface area contributed by atoms with Crippen LogP contribution in [0, 0.1) is 0 Å². The molecule has 3 rings (SSSR count). The molecule has 2 aromatic carbocycles. The van der Waals surface area contributed by atoms with Crippen LogP contribution in [-0.4, -0.2) is 51.0 Å². The van der Waals surface area contributed by atoms with Gasteiger partial charge in [-0.1, -0.05) is 60.7 Å². The van der Waals surface area contributed by atoms with Crippen molar-refractivity contribution in [2.75, 3.05) is 6.54 Å². The number of hydrogen-bond donors (Lipinski definition) is 3. The summed E-state index contributed by atoms with van der Waals surface area (Å²) in [5, 5.41) is 23.2. The largest absolute Gasteiger partial charge is 0.465 e. The van der Waals surface area contributed by atoms with Gasteiger partial charge in [0.15, 0.2) is 0 Å². The zero-order valence-electron chi connectivity index (χ0n) is 17.3. The van der Waals surface area contributed by atoms with Crippen molar-refractivity contribution in [3.63, 3.8) is 0 Å². The van der Waals surface area contributed by atoms with Crippen molar-refractivity contribution in [2.45, 2.75) is 31.7 Å². The third-order valence-electron chi connectivity index (χ3n) is 4.79. The number of nitrogens with one attached hydrogen (secondary N) is 1. The van der Waals surface area contributed by atoms with Gasteiger partial charge < -0.3 is 25.2 Å². The Morgan fingerprint density at radius 1 is 1.06 bits per heavy atom. The van der Waals surface area contributed by atoms with Crippen LogP contribution in [0.5, 0.6) is 0 Å². The fraction of sp³-hybridized carbons (Fsp3) is 0.261. The van der Waals surface area contributed by atoms with E-state index in [9.17, 15) is 19.8 Å². The number of thiazole rings is 1. The molecule has 3 N–H and O–H groups in total. The molecule has 9 heteroatoms. The van der Waals surface area contributed by atoms with Crippen LogP contribution in [0.3, 0.4) is 0 Å². The van der Waals surface area contributed by atoms with Crippen molar-refractivity contribution in [2.24, 2.45) is 0 Å². The highest BCUT2D eigenvalue weighted by atomic mass is 32.1. The summed E-state index contributed by atoms with van der Waals surface area (Å²) < 4.78 is 5.23. The topological polar surface area (TPSA) is 112 Å². The van der Waals surface area contributed by atoms with E-state index in [1.54, 1.807) is 11.7 Å². The molecule has 2 atom stereocenters. The smallest absolute Gasteiger partial charge is 0.407 e. The van der Waals surface area contributed by atoms with Crippen molar-refractivity contribution >= 4 is 23.5 Å². The highest BCUT2D eigenvalue weighted by Crippen LogP contribution is 2.12. The molecule has 32 heavy (non-hydrogen) atoms. The van der Waals surface area contributed by atoms with Gasteiger partial charge >= 0.3 is 12.2 Å². The van der Waals surface area contributed by atoms with E-state index in [0.29, 0.717) is 6.42 Å². The van der Waals surface area contributed by atoms with Crippen LogP contribution < -0.4 is 5.32 Å². The highest BCUT2D eigenvalue weighted by molar-refractivity contribution is 7.09. The zero-order chi connectivity index (χ0) is 22.8. The molecule has 3 aromatic rings. The highest BCUT2D eigenvalue weighted by Gasteiger charge is 2.26. The third-order valence-corrected chi connectivity index (χ3v) is 5.54. The predicted molar refractivity (Wildman–Crippen MR) is 120 cm³/mol. The number of amides is 2. The first-order valence-electron chi connectivity index (χ1n) is 10.1. The molecule has 1 heterocycles. The maximum absolute atomic E-state index is 12.4. The summed E-state index contributed by atoms with van der Waals surface area (Å²) in [4.78, 5) is 30.0. The minimum Gasteiger partial charge on any atom is -0.465 e. The lowest BCUT2D eigenvalue weighted by atomic mass is 10.0. The van der Waals surface area contributed by atoms with Gasteiger partial charge in [0.25, 0.3) is 0 Å². The number of carbonyl (C=O) groups is 2. The Labute approximate surface area is 190 Å². The molecular weight excluding hydrogens is 430 g/mol. The summed E-state index contributed by atoms with van der Waals surface area (Å²) in [5.74, 6) is 0. The fourth-order valence-electron chi connectivity index (χ4n) is 3.16. The molecule has 168 valence electrons. The number of carbonyl (C=O) groups excluding carboxylic acids is 1. The molecule has 0 saturated heterocycles. The maximum atomic E-state index is 12.4. The van der Waals surface area contributed by atoms with E-state index in [2.05, 4.69) is 10.3 Å². The normalized spacial score (nSPS) is 12.5. The van der Waals surface area contributed by atoms with E-state index < -0.39 is 24.3 Å².